The number of thioether (sulfide) groups is 1. The van der Waals surface area contributed by atoms with Crippen LogP contribution in [0.5, 0.6) is 0 Å². The van der Waals surface area contributed by atoms with Gasteiger partial charge in [0.25, 0.3) is 0 Å². The van der Waals surface area contributed by atoms with Gasteiger partial charge in [-0.05, 0) is 30.7 Å². The molecule has 0 aliphatic rings. The molecule has 24 heavy (non-hydrogen) atoms. The predicted molar refractivity (Wildman–Crippen MR) is 96.0 cm³/mol. The van der Waals surface area contributed by atoms with E-state index in [1.54, 1.807) is 11.8 Å². The van der Waals surface area contributed by atoms with E-state index in [1.807, 2.05) is 48.9 Å². The van der Waals surface area contributed by atoms with Crippen LogP contribution in [0.2, 0.25) is 0 Å². The summed E-state index contributed by atoms with van der Waals surface area (Å²) in [4.78, 5) is 28.3. The van der Waals surface area contributed by atoms with Gasteiger partial charge in [-0.25, -0.2) is 9.78 Å². The number of carboxylic acids is 1. The maximum atomic E-state index is 12.4. The molecule has 0 fully saturated rings. The van der Waals surface area contributed by atoms with Crippen molar-refractivity contribution in [3.05, 3.63) is 30.1 Å². The Morgan fingerprint density at radius 3 is 2.67 bits per heavy atom. The zero-order valence-electron chi connectivity index (χ0n) is 14.2. The Morgan fingerprint density at radius 1 is 1.33 bits per heavy atom. The highest BCUT2D eigenvalue weighted by Gasteiger charge is 2.22. The van der Waals surface area contributed by atoms with Crippen LogP contribution in [-0.2, 0) is 21.9 Å². The van der Waals surface area contributed by atoms with Crippen molar-refractivity contribution in [1.82, 2.24) is 14.9 Å². The second kappa shape index (κ2) is 8.19. The molecule has 0 aliphatic carbocycles. The summed E-state index contributed by atoms with van der Waals surface area (Å²) in [6.45, 7) is 3.93. The molecule has 2 aromatic rings. The van der Waals surface area contributed by atoms with Gasteiger partial charge < -0.3 is 15.0 Å². The van der Waals surface area contributed by atoms with Gasteiger partial charge in [-0.15, -0.1) is 0 Å². The Balaban J connectivity index is 2.20. The van der Waals surface area contributed by atoms with E-state index in [-0.39, 0.29) is 18.4 Å². The molecule has 6 nitrogen and oxygen atoms in total. The number of aromatic nitrogens is 2. The Labute approximate surface area is 145 Å². The minimum atomic E-state index is -1.00. The third-order valence-electron chi connectivity index (χ3n) is 3.65. The molecule has 130 valence electrons. The van der Waals surface area contributed by atoms with E-state index in [0.29, 0.717) is 12.2 Å². The Bertz CT molecular complexity index is 727. The summed E-state index contributed by atoms with van der Waals surface area (Å²) in [6.07, 6.45) is 2.39. The first-order valence-corrected chi connectivity index (χ1v) is 9.27. The van der Waals surface area contributed by atoms with Gasteiger partial charge in [0.1, 0.15) is 18.4 Å². The van der Waals surface area contributed by atoms with Crippen molar-refractivity contribution in [3.8, 4) is 0 Å². The zero-order chi connectivity index (χ0) is 17.7. The van der Waals surface area contributed by atoms with Gasteiger partial charge in [0.2, 0.25) is 5.91 Å². The molecule has 1 aromatic heterocycles. The highest BCUT2D eigenvalue weighted by Crippen LogP contribution is 2.19. The number of carboxylic acid groups (broad SMARTS) is 1. The maximum Gasteiger partial charge on any atom is 0.326 e. The van der Waals surface area contributed by atoms with E-state index in [1.165, 1.54) is 0 Å². The molecule has 0 bridgehead atoms. The second-order valence-corrected chi connectivity index (χ2v) is 6.99. The molecule has 0 spiro atoms. The van der Waals surface area contributed by atoms with Crippen LogP contribution >= 0.6 is 11.8 Å². The molecule has 1 atom stereocenters. The molecule has 1 unspecified atom stereocenters. The fourth-order valence-corrected chi connectivity index (χ4v) is 3.10. The number of nitrogens with one attached hydrogen (secondary N) is 1. The van der Waals surface area contributed by atoms with Crippen molar-refractivity contribution in [2.24, 2.45) is 5.92 Å². The van der Waals surface area contributed by atoms with Gasteiger partial charge in [-0.2, -0.15) is 11.8 Å². The van der Waals surface area contributed by atoms with E-state index in [0.717, 1.165) is 16.9 Å². The molecule has 1 amide bonds. The number of nitrogens with zero attached hydrogens (tertiary/aromatic N) is 2. The predicted octanol–water partition coefficient (Wildman–Crippen LogP) is 2.51. The summed E-state index contributed by atoms with van der Waals surface area (Å²) in [5.41, 5.74) is 1.72. The molecule has 0 saturated heterocycles. The lowest BCUT2D eigenvalue weighted by Crippen LogP contribution is -2.43. The molecule has 1 heterocycles. The van der Waals surface area contributed by atoms with Gasteiger partial charge in [0.05, 0.1) is 16.8 Å². The largest absolute Gasteiger partial charge is 0.480 e. The maximum absolute atomic E-state index is 12.4. The third-order valence-corrected chi connectivity index (χ3v) is 4.20. The number of benzene rings is 1. The number of hydrogen-bond acceptors (Lipinski definition) is 4. The number of carbonyl (C=O) groups excluding carboxylic acids is 1. The number of carbonyl (C=O) groups is 2. The smallest absolute Gasteiger partial charge is 0.326 e. The van der Waals surface area contributed by atoms with E-state index in [4.69, 9.17) is 0 Å². The standard InChI is InChI=1S/C17H23N3O3S/c1-11(2)8-13(17(22)23)19-16(21)9-20-14-7-5-4-6-12(14)18-15(20)10-24-3/h4-7,11,13H,8-10H2,1-3H3,(H,19,21)(H,22,23). The fraction of sp³-hybridized carbons (Fsp3) is 0.471. The van der Waals surface area contributed by atoms with Gasteiger partial charge in [-0.3, -0.25) is 4.79 Å². The SMILES string of the molecule is CSCc1nc2ccccc2n1CC(=O)NC(CC(C)C)C(=O)O. The van der Waals surface area contributed by atoms with Crippen LogP contribution in [0, 0.1) is 5.92 Å². The normalized spacial score (nSPS) is 12.5. The van der Waals surface area contributed by atoms with Gasteiger partial charge in [-0.1, -0.05) is 26.0 Å². The third kappa shape index (κ3) is 4.50. The summed E-state index contributed by atoms with van der Waals surface area (Å²) in [7, 11) is 0. The van der Waals surface area contributed by atoms with Crippen molar-refractivity contribution in [3.63, 3.8) is 0 Å². The number of aliphatic carboxylic acids is 1. The number of amides is 1. The first-order valence-electron chi connectivity index (χ1n) is 7.87. The topological polar surface area (TPSA) is 84.2 Å². The quantitative estimate of drug-likeness (QED) is 0.765. The second-order valence-electron chi connectivity index (χ2n) is 6.12. The number of hydrogen-bond donors (Lipinski definition) is 2. The summed E-state index contributed by atoms with van der Waals surface area (Å²) in [6, 6.07) is 6.77. The van der Waals surface area contributed by atoms with Crippen molar-refractivity contribution in [2.45, 2.75) is 38.6 Å². The molecule has 7 heteroatoms. The van der Waals surface area contributed by atoms with Crippen LogP contribution in [0.15, 0.2) is 24.3 Å². The van der Waals surface area contributed by atoms with E-state index < -0.39 is 12.0 Å². The van der Waals surface area contributed by atoms with Crippen molar-refractivity contribution >= 4 is 34.7 Å². The monoisotopic (exact) mass is 349 g/mol. The average Bonchev–Trinajstić information content (AvgIpc) is 2.84. The van der Waals surface area contributed by atoms with Crippen molar-refractivity contribution in [2.75, 3.05) is 6.26 Å². The minimum Gasteiger partial charge on any atom is -0.480 e. The zero-order valence-corrected chi connectivity index (χ0v) is 15.0. The van der Waals surface area contributed by atoms with E-state index >= 15 is 0 Å². The van der Waals surface area contributed by atoms with Gasteiger partial charge in [0.15, 0.2) is 0 Å². The van der Waals surface area contributed by atoms with Gasteiger partial charge in [0, 0.05) is 0 Å². The Morgan fingerprint density at radius 2 is 2.04 bits per heavy atom. The fourth-order valence-electron chi connectivity index (χ4n) is 2.62. The van der Waals surface area contributed by atoms with Crippen LogP contribution in [-0.4, -0.2) is 38.8 Å². The summed E-state index contributed by atoms with van der Waals surface area (Å²) >= 11 is 1.63. The van der Waals surface area contributed by atoms with Crippen LogP contribution in [0.4, 0.5) is 0 Å². The number of imidazole rings is 1. The molecule has 2 rings (SSSR count). The lowest BCUT2D eigenvalue weighted by atomic mass is 10.0. The highest BCUT2D eigenvalue weighted by molar-refractivity contribution is 7.97. The molecule has 1 aromatic carbocycles. The molecule has 0 radical (unpaired) electrons. The number of para-hydroxylation sites is 2. The number of rotatable bonds is 8. The molecular weight excluding hydrogens is 326 g/mol. The molecular formula is C17H23N3O3S. The van der Waals surface area contributed by atoms with E-state index in [9.17, 15) is 14.7 Å². The first kappa shape index (κ1) is 18.3. The molecule has 2 N–H and O–H groups in total. The lowest BCUT2D eigenvalue weighted by Gasteiger charge is -2.17. The first-order chi connectivity index (χ1) is 11.4. The van der Waals surface area contributed by atoms with Crippen LogP contribution < -0.4 is 5.32 Å². The average molecular weight is 349 g/mol. The lowest BCUT2D eigenvalue weighted by molar-refractivity contribution is -0.142. The van der Waals surface area contributed by atoms with E-state index in [2.05, 4.69) is 10.3 Å². The summed E-state index contributed by atoms with van der Waals surface area (Å²) in [5, 5.41) is 11.9. The van der Waals surface area contributed by atoms with Crippen molar-refractivity contribution in [1.29, 1.82) is 0 Å². The minimum absolute atomic E-state index is 0.0677. The summed E-state index contributed by atoms with van der Waals surface area (Å²) < 4.78 is 1.86. The highest BCUT2D eigenvalue weighted by atomic mass is 32.2. The summed E-state index contributed by atoms with van der Waals surface area (Å²) in [5.74, 6) is 0.378. The Kier molecular flexibility index (Phi) is 6.25. The molecule has 0 aliphatic heterocycles. The Hall–Kier alpha value is -2.02. The van der Waals surface area contributed by atoms with Crippen molar-refractivity contribution < 1.29 is 14.7 Å². The van der Waals surface area contributed by atoms with Crippen LogP contribution in [0.3, 0.4) is 0 Å². The van der Waals surface area contributed by atoms with Gasteiger partial charge >= 0.3 is 5.97 Å². The van der Waals surface area contributed by atoms with Crippen LogP contribution in [0.25, 0.3) is 11.0 Å². The molecule has 0 saturated carbocycles. The van der Waals surface area contributed by atoms with Crippen LogP contribution in [0.1, 0.15) is 26.1 Å². The number of fused-ring (bicyclic) bond motifs is 1.